The van der Waals surface area contributed by atoms with Gasteiger partial charge in [-0.05, 0) is 65.9 Å². The van der Waals surface area contributed by atoms with Crippen LogP contribution < -0.4 is 10.2 Å². The van der Waals surface area contributed by atoms with E-state index in [-0.39, 0.29) is 24.1 Å². The molecule has 0 spiro atoms. The highest BCUT2D eigenvalue weighted by molar-refractivity contribution is 5.88. The summed E-state index contributed by atoms with van der Waals surface area (Å²) in [7, 11) is 0. The number of aromatic nitrogens is 3. The highest BCUT2D eigenvalue weighted by Crippen LogP contribution is 2.31. The van der Waals surface area contributed by atoms with Crippen LogP contribution in [0.5, 0.6) is 0 Å². The van der Waals surface area contributed by atoms with Crippen molar-refractivity contribution >= 4 is 29.5 Å². The number of carbonyl (C=O) groups is 2. The van der Waals surface area contributed by atoms with Gasteiger partial charge in [-0.15, -0.1) is 0 Å². The summed E-state index contributed by atoms with van der Waals surface area (Å²) in [5.74, 6) is 1.31. The van der Waals surface area contributed by atoms with Gasteiger partial charge in [-0.25, -0.2) is 14.6 Å². The van der Waals surface area contributed by atoms with Crippen molar-refractivity contribution in [2.75, 3.05) is 16.8 Å². The van der Waals surface area contributed by atoms with E-state index in [1.807, 2.05) is 89.0 Å². The minimum Gasteiger partial charge on any atom is -0.444 e. The molecule has 1 fully saturated rings. The van der Waals surface area contributed by atoms with Gasteiger partial charge in [0, 0.05) is 30.3 Å². The van der Waals surface area contributed by atoms with E-state index < -0.39 is 17.3 Å². The number of likely N-dealkylation sites (tertiary alicyclic amines) is 1. The number of rotatable bonds is 7. The van der Waals surface area contributed by atoms with Crippen LogP contribution in [0.15, 0.2) is 42.6 Å². The molecule has 228 valence electrons. The first-order valence-corrected chi connectivity index (χ1v) is 14.8. The monoisotopic (exact) mass is 578 g/mol. The Morgan fingerprint density at radius 2 is 1.74 bits per heavy atom. The summed E-state index contributed by atoms with van der Waals surface area (Å²) in [5, 5.41) is 8.22. The molecule has 1 aliphatic rings. The average Bonchev–Trinajstić information content (AvgIpc) is 3.50. The molecule has 1 N–H and O–H groups in total. The fraction of sp³-hybridized carbons (Fsp3) is 0.562. The lowest BCUT2D eigenvalue weighted by Gasteiger charge is -2.28. The fourth-order valence-corrected chi connectivity index (χ4v) is 5.12. The second-order valence-electron chi connectivity index (χ2n) is 13.3. The Morgan fingerprint density at radius 3 is 2.33 bits per heavy atom. The lowest BCUT2D eigenvalue weighted by molar-refractivity contribution is 0.0222. The normalized spacial score (nSPS) is 17.5. The van der Waals surface area contributed by atoms with E-state index in [0.29, 0.717) is 30.4 Å². The van der Waals surface area contributed by atoms with Crippen LogP contribution in [-0.4, -0.2) is 61.5 Å². The minimum absolute atomic E-state index is 0.0419. The predicted octanol–water partition coefficient (Wildman–Crippen LogP) is 6.99. The molecule has 3 heterocycles. The second-order valence-corrected chi connectivity index (χ2v) is 13.3. The molecule has 10 nitrogen and oxygen atoms in total. The molecule has 1 aliphatic heterocycles. The van der Waals surface area contributed by atoms with E-state index >= 15 is 0 Å². The third-order valence-corrected chi connectivity index (χ3v) is 7.04. The van der Waals surface area contributed by atoms with E-state index in [2.05, 4.69) is 31.2 Å². The summed E-state index contributed by atoms with van der Waals surface area (Å²) < 4.78 is 13.3. The Kier molecular flexibility index (Phi) is 9.03. The average molecular weight is 579 g/mol. The van der Waals surface area contributed by atoms with E-state index in [0.717, 1.165) is 24.0 Å². The zero-order chi connectivity index (χ0) is 30.8. The van der Waals surface area contributed by atoms with Gasteiger partial charge in [-0.2, -0.15) is 9.61 Å². The Balaban J connectivity index is 1.73. The van der Waals surface area contributed by atoms with Crippen molar-refractivity contribution < 1.29 is 19.1 Å². The lowest BCUT2D eigenvalue weighted by atomic mass is 10.1. The summed E-state index contributed by atoms with van der Waals surface area (Å²) in [5.41, 5.74) is 1.34. The van der Waals surface area contributed by atoms with Crippen molar-refractivity contribution in [2.24, 2.45) is 0 Å². The molecule has 42 heavy (non-hydrogen) atoms. The molecule has 1 unspecified atom stereocenters. The predicted molar refractivity (Wildman–Crippen MR) is 165 cm³/mol. The molecule has 4 rings (SSSR count). The van der Waals surface area contributed by atoms with E-state index in [1.165, 1.54) is 0 Å². The molecule has 10 heteroatoms. The molecule has 2 atom stereocenters. The Morgan fingerprint density at radius 1 is 1.07 bits per heavy atom. The number of amides is 2. The standard InChI is InChI=1S/C32H46N6O4/c1-10-24-16-23(20-36(24)29(39)41-31(4,5)6)34-26-17-27(38-28(35-26)25(18-33-38)21(2)3)37(30(40)42-32(7,8)9)19-22-14-12-11-13-15-22/h11-15,17-18,21,23-24H,10,16,19-20H2,1-9H3,(H,34,35)/t23?,24-/m1/s1. The summed E-state index contributed by atoms with van der Waals surface area (Å²) in [6.07, 6.45) is 2.60. The topological polar surface area (TPSA) is 101 Å². The van der Waals surface area contributed by atoms with Crippen molar-refractivity contribution in [1.82, 2.24) is 19.5 Å². The van der Waals surface area contributed by atoms with Crippen LogP contribution in [0, 0.1) is 0 Å². The van der Waals surface area contributed by atoms with Crippen LogP contribution in [-0.2, 0) is 16.0 Å². The highest BCUT2D eigenvalue weighted by Gasteiger charge is 2.37. The van der Waals surface area contributed by atoms with Gasteiger partial charge in [0.25, 0.3) is 0 Å². The first-order chi connectivity index (χ1) is 19.6. The van der Waals surface area contributed by atoms with Crippen LogP contribution in [0.2, 0.25) is 0 Å². The van der Waals surface area contributed by atoms with E-state index in [9.17, 15) is 9.59 Å². The zero-order valence-electron chi connectivity index (χ0n) is 26.5. The molecular formula is C32H46N6O4. The molecule has 0 aliphatic carbocycles. The largest absolute Gasteiger partial charge is 0.444 e. The number of anilines is 2. The maximum absolute atomic E-state index is 13.7. The molecular weight excluding hydrogens is 532 g/mol. The van der Waals surface area contributed by atoms with Crippen molar-refractivity contribution in [3.63, 3.8) is 0 Å². The molecule has 1 aromatic carbocycles. The van der Waals surface area contributed by atoms with Gasteiger partial charge in [-0.1, -0.05) is 51.1 Å². The Hall–Kier alpha value is -3.82. The van der Waals surface area contributed by atoms with Gasteiger partial charge in [0.2, 0.25) is 0 Å². The zero-order valence-corrected chi connectivity index (χ0v) is 26.5. The molecule has 2 aromatic heterocycles. The van der Waals surface area contributed by atoms with Crippen molar-refractivity contribution in [2.45, 2.75) is 111 Å². The van der Waals surface area contributed by atoms with Gasteiger partial charge in [-0.3, -0.25) is 4.90 Å². The van der Waals surface area contributed by atoms with Gasteiger partial charge >= 0.3 is 12.2 Å². The molecule has 1 saturated heterocycles. The smallest absolute Gasteiger partial charge is 0.416 e. The molecule has 0 saturated carbocycles. The van der Waals surface area contributed by atoms with Crippen molar-refractivity contribution in [3.8, 4) is 0 Å². The Labute approximate surface area is 249 Å². The van der Waals surface area contributed by atoms with Gasteiger partial charge < -0.3 is 19.7 Å². The SMILES string of the molecule is CC[C@@H]1CC(Nc2cc(N(Cc3ccccc3)C(=O)OC(C)(C)C)n3ncc(C(C)C)c3n2)CN1C(=O)OC(C)(C)C. The van der Waals surface area contributed by atoms with Gasteiger partial charge in [0.1, 0.15) is 22.8 Å². The maximum Gasteiger partial charge on any atom is 0.416 e. The third kappa shape index (κ3) is 7.52. The molecule has 0 radical (unpaired) electrons. The fourth-order valence-electron chi connectivity index (χ4n) is 5.12. The summed E-state index contributed by atoms with van der Waals surface area (Å²) in [6, 6.07) is 11.7. The first kappa shape index (κ1) is 31.1. The van der Waals surface area contributed by atoms with Crippen LogP contribution in [0.25, 0.3) is 5.65 Å². The summed E-state index contributed by atoms with van der Waals surface area (Å²) >= 11 is 0. The number of benzene rings is 1. The quantitative estimate of drug-likeness (QED) is 0.322. The molecule has 3 aromatic rings. The summed E-state index contributed by atoms with van der Waals surface area (Å²) in [6.45, 7) is 18.2. The highest BCUT2D eigenvalue weighted by atomic mass is 16.6. The lowest BCUT2D eigenvalue weighted by Crippen LogP contribution is -2.40. The van der Waals surface area contributed by atoms with E-state index in [4.69, 9.17) is 14.5 Å². The van der Waals surface area contributed by atoms with Crippen molar-refractivity contribution in [1.29, 1.82) is 0 Å². The number of nitrogens with one attached hydrogen (secondary N) is 1. The van der Waals surface area contributed by atoms with Crippen LogP contribution in [0.4, 0.5) is 21.2 Å². The van der Waals surface area contributed by atoms with Crippen LogP contribution in [0.1, 0.15) is 92.2 Å². The van der Waals surface area contributed by atoms with Gasteiger partial charge in [0.15, 0.2) is 5.65 Å². The number of hydrogen-bond acceptors (Lipinski definition) is 7. The maximum atomic E-state index is 13.7. The number of hydrogen-bond donors (Lipinski definition) is 1. The minimum atomic E-state index is -0.684. The molecule has 2 amide bonds. The number of ether oxygens (including phenoxy) is 2. The van der Waals surface area contributed by atoms with E-state index in [1.54, 1.807) is 9.42 Å². The van der Waals surface area contributed by atoms with Crippen LogP contribution in [0.3, 0.4) is 0 Å². The summed E-state index contributed by atoms with van der Waals surface area (Å²) in [4.78, 5) is 35.0. The number of carbonyl (C=O) groups excluding carboxylic acids is 2. The van der Waals surface area contributed by atoms with Crippen LogP contribution >= 0.6 is 0 Å². The first-order valence-electron chi connectivity index (χ1n) is 14.8. The Bertz CT molecular complexity index is 1390. The third-order valence-electron chi connectivity index (χ3n) is 7.04. The second kappa shape index (κ2) is 12.2. The number of fused-ring (bicyclic) bond motifs is 1. The van der Waals surface area contributed by atoms with Gasteiger partial charge in [0.05, 0.1) is 12.7 Å². The van der Waals surface area contributed by atoms with Crippen molar-refractivity contribution in [3.05, 3.63) is 53.7 Å². The molecule has 0 bridgehead atoms. The number of nitrogens with zero attached hydrogens (tertiary/aromatic N) is 5.